The Kier molecular flexibility index (Phi) is 3.48. The van der Waals surface area contributed by atoms with Crippen molar-refractivity contribution in [1.29, 1.82) is 0 Å². The highest BCUT2D eigenvalue weighted by atomic mass is 79.9. The molecule has 0 heterocycles. The van der Waals surface area contributed by atoms with Crippen molar-refractivity contribution in [3.8, 4) is 5.75 Å². The second-order valence-electron chi connectivity index (χ2n) is 4.31. The van der Waals surface area contributed by atoms with Gasteiger partial charge in [0.25, 0.3) is 0 Å². The summed E-state index contributed by atoms with van der Waals surface area (Å²) in [6.07, 6.45) is 0. The maximum absolute atomic E-state index is 9.99. The zero-order chi connectivity index (χ0) is 13.9. The molecule has 0 fully saturated rings. The van der Waals surface area contributed by atoms with Gasteiger partial charge in [-0.05, 0) is 39.5 Å². The van der Waals surface area contributed by atoms with Crippen LogP contribution in [0.5, 0.6) is 5.75 Å². The predicted octanol–water partition coefficient (Wildman–Crippen LogP) is 5.72. The van der Waals surface area contributed by atoms with E-state index in [2.05, 4.69) is 26.2 Å². The minimum Gasteiger partial charge on any atom is -0.506 e. The topological polar surface area (TPSA) is 45.0 Å². The average molecular weight is 327 g/mol. The van der Waals surface area contributed by atoms with Crippen molar-refractivity contribution in [2.45, 2.75) is 0 Å². The van der Waals surface area contributed by atoms with Crippen molar-refractivity contribution >= 4 is 38.1 Å². The zero-order valence-corrected chi connectivity index (χ0v) is 12.1. The van der Waals surface area contributed by atoms with Gasteiger partial charge in [0.1, 0.15) is 11.4 Å². The van der Waals surface area contributed by atoms with Crippen molar-refractivity contribution in [3.05, 3.63) is 65.1 Å². The van der Waals surface area contributed by atoms with E-state index < -0.39 is 0 Å². The molecule has 0 atom stereocenters. The molecule has 0 aromatic heterocycles. The van der Waals surface area contributed by atoms with Crippen LogP contribution in [0.15, 0.2) is 75.4 Å². The highest BCUT2D eigenvalue weighted by Gasteiger charge is 2.06. The number of azo groups is 1. The number of fused-ring (bicyclic) bond motifs is 1. The van der Waals surface area contributed by atoms with E-state index in [9.17, 15) is 5.11 Å². The zero-order valence-electron chi connectivity index (χ0n) is 10.5. The number of rotatable bonds is 2. The molecule has 0 spiro atoms. The molecule has 98 valence electrons. The molecule has 0 saturated heterocycles. The first-order chi connectivity index (χ1) is 9.75. The van der Waals surface area contributed by atoms with Gasteiger partial charge in [0.2, 0.25) is 0 Å². The van der Waals surface area contributed by atoms with E-state index in [0.29, 0.717) is 5.69 Å². The first-order valence-electron chi connectivity index (χ1n) is 6.13. The molecule has 1 N–H and O–H groups in total. The molecule has 0 saturated carbocycles. The van der Waals surface area contributed by atoms with Gasteiger partial charge in [0.05, 0.1) is 5.69 Å². The van der Waals surface area contributed by atoms with Gasteiger partial charge in [0.15, 0.2) is 0 Å². The number of benzene rings is 3. The van der Waals surface area contributed by atoms with Gasteiger partial charge >= 0.3 is 0 Å². The second kappa shape index (κ2) is 5.43. The number of phenols is 1. The molecule has 0 aliphatic rings. The fourth-order valence-electron chi connectivity index (χ4n) is 1.99. The molecule has 0 bridgehead atoms. The Morgan fingerprint density at radius 2 is 1.55 bits per heavy atom. The Hall–Kier alpha value is -2.20. The van der Waals surface area contributed by atoms with Crippen LogP contribution in [-0.2, 0) is 0 Å². The lowest BCUT2D eigenvalue weighted by Gasteiger charge is -2.03. The van der Waals surface area contributed by atoms with Crippen molar-refractivity contribution in [2.24, 2.45) is 10.2 Å². The lowest BCUT2D eigenvalue weighted by molar-refractivity contribution is 0.477. The van der Waals surface area contributed by atoms with E-state index in [1.807, 2.05) is 54.6 Å². The third kappa shape index (κ3) is 2.42. The number of phenolic OH excluding ortho intramolecular Hbond substituents is 1. The van der Waals surface area contributed by atoms with Gasteiger partial charge in [-0.3, -0.25) is 0 Å². The molecule has 0 aliphatic carbocycles. The summed E-state index contributed by atoms with van der Waals surface area (Å²) in [6, 6.07) is 18.8. The number of hydrogen-bond acceptors (Lipinski definition) is 3. The molecule has 0 aliphatic heterocycles. The molecule has 4 heteroatoms. The third-order valence-corrected chi connectivity index (χ3v) is 3.66. The van der Waals surface area contributed by atoms with Crippen molar-refractivity contribution in [3.63, 3.8) is 0 Å². The summed E-state index contributed by atoms with van der Waals surface area (Å²) < 4.78 is 0.864. The Morgan fingerprint density at radius 3 is 2.40 bits per heavy atom. The van der Waals surface area contributed by atoms with Crippen molar-refractivity contribution < 1.29 is 5.11 Å². The van der Waals surface area contributed by atoms with Crippen LogP contribution in [-0.4, -0.2) is 5.11 Å². The fraction of sp³-hybridized carbons (Fsp3) is 0. The van der Waals surface area contributed by atoms with Gasteiger partial charge in [0, 0.05) is 9.86 Å². The van der Waals surface area contributed by atoms with Gasteiger partial charge < -0.3 is 5.11 Å². The normalized spacial score (nSPS) is 11.2. The van der Waals surface area contributed by atoms with Gasteiger partial charge in [-0.25, -0.2) is 0 Å². The van der Waals surface area contributed by atoms with E-state index in [1.54, 1.807) is 6.07 Å². The largest absolute Gasteiger partial charge is 0.506 e. The number of hydrogen-bond donors (Lipinski definition) is 1. The Morgan fingerprint density at radius 1 is 0.800 bits per heavy atom. The van der Waals surface area contributed by atoms with E-state index >= 15 is 0 Å². The molecule has 3 aromatic rings. The maximum atomic E-state index is 9.99. The number of aromatic hydroxyl groups is 1. The minimum atomic E-state index is 0.125. The highest BCUT2D eigenvalue weighted by Crippen LogP contribution is 2.36. The quantitative estimate of drug-likeness (QED) is 0.601. The molecular formula is C16H11BrN2O. The minimum absolute atomic E-state index is 0.125. The molecule has 0 amide bonds. The van der Waals surface area contributed by atoms with E-state index in [4.69, 9.17) is 0 Å². The van der Waals surface area contributed by atoms with Crippen LogP contribution in [0, 0.1) is 0 Å². The number of halogens is 1. The summed E-state index contributed by atoms with van der Waals surface area (Å²) in [7, 11) is 0. The average Bonchev–Trinajstić information content (AvgIpc) is 2.48. The molecule has 20 heavy (non-hydrogen) atoms. The van der Waals surface area contributed by atoms with Gasteiger partial charge in [-0.1, -0.05) is 42.5 Å². The number of nitrogens with zero attached hydrogens (tertiary/aromatic N) is 2. The molecule has 3 nitrogen and oxygen atoms in total. The summed E-state index contributed by atoms with van der Waals surface area (Å²) >= 11 is 3.42. The maximum Gasteiger partial charge on any atom is 0.143 e. The SMILES string of the molecule is Oc1ccc2ccccc2c1/N=N/c1ccccc1Br. The standard InChI is InChI=1S/C16H11BrN2O/c17-13-7-3-4-8-14(13)18-19-16-12-6-2-1-5-11(12)9-10-15(16)20/h1-10,20H/b19-18+. The Labute approximate surface area is 124 Å². The van der Waals surface area contributed by atoms with Crippen LogP contribution in [0.1, 0.15) is 0 Å². The molecule has 0 radical (unpaired) electrons. The highest BCUT2D eigenvalue weighted by molar-refractivity contribution is 9.10. The van der Waals surface area contributed by atoms with E-state index in [1.165, 1.54) is 0 Å². The predicted molar refractivity (Wildman–Crippen MR) is 83.9 cm³/mol. The monoisotopic (exact) mass is 326 g/mol. The first-order valence-corrected chi connectivity index (χ1v) is 6.92. The van der Waals surface area contributed by atoms with E-state index in [0.717, 1.165) is 20.9 Å². The lowest BCUT2D eigenvalue weighted by atomic mass is 10.1. The van der Waals surface area contributed by atoms with Crippen molar-refractivity contribution in [2.75, 3.05) is 0 Å². The Bertz CT molecular complexity index is 799. The summed E-state index contributed by atoms with van der Waals surface area (Å²) in [6.45, 7) is 0. The van der Waals surface area contributed by atoms with Crippen LogP contribution < -0.4 is 0 Å². The van der Waals surface area contributed by atoms with Gasteiger partial charge in [-0.2, -0.15) is 0 Å². The van der Waals surface area contributed by atoms with Crippen LogP contribution in [0.2, 0.25) is 0 Å². The summed E-state index contributed by atoms with van der Waals surface area (Å²) in [4.78, 5) is 0. The van der Waals surface area contributed by atoms with Crippen LogP contribution >= 0.6 is 15.9 Å². The summed E-state index contributed by atoms with van der Waals surface area (Å²) in [5.41, 5.74) is 1.21. The third-order valence-electron chi connectivity index (χ3n) is 2.99. The fourth-order valence-corrected chi connectivity index (χ4v) is 2.35. The smallest absolute Gasteiger partial charge is 0.143 e. The van der Waals surface area contributed by atoms with Crippen molar-refractivity contribution in [1.82, 2.24) is 0 Å². The molecular weight excluding hydrogens is 316 g/mol. The van der Waals surface area contributed by atoms with Crippen LogP contribution in [0.25, 0.3) is 10.8 Å². The van der Waals surface area contributed by atoms with Crippen LogP contribution in [0.4, 0.5) is 11.4 Å². The second-order valence-corrected chi connectivity index (χ2v) is 5.16. The molecule has 3 aromatic carbocycles. The lowest BCUT2D eigenvalue weighted by Crippen LogP contribution is -1.75. The first kappa shape index (κ1) is 12.8. The molecule has 3 rings (SSSR count). The Balaban J connectivity index is 2.11. The van der Waals surface area contributed by atoms with E-state index in [-0.39, 0.29) is 5.75 Å². The molecule has 0 unspecified atom stereocenters. The summed E-state index contributed by atoms with van der Waals surface area (Å²) in [5, 5.41) is 20.3. The summed E-state index contributed by atoms with van der Waals surface area (Å²) in [5.74, 6) is 0.125. The van der Waals surface area contributed by atoms with Gasteiger partial charge in [-0.15, -0.1) is 10.2 Å². The van der Waals surface area contributed by atoms with Crippen LogP contribution in [0.3, 0.4) is 0 Å².